The minimum Gasteiger partial charge on any atom is -0.238 e. The van der Waals surface area contributed by atoms with Gasteiger partial charge in [-0.15, -0.1) is 0 Å². The van der Waals surface area contributed by atoms with Crippen LogP contribution in [0.1, 0.15) is 11.5 Å². The molecule has 0 saturated carbocycles. The average molecular weight is 248 g/mol. The van der Waals surface area contributed by atoms with Crippen LogP contribution in [0.15, 0.2) is 30.3 Å². The molecule has 0 fully saturated rings. The Morgan fingerprint density at radius 3 is 2.53 bits per heavy atom. The molecule has 0 atom stereocenters. The van der Waals surface area contributed by atoms with Crippen LogP contribution in [-0.4, -0.2) is 15.7 Å². The maximum Gasteiger partial charge on any atom is 0.130 e. The van der Waals surface area contributed by atoms with Crippen LogP contribution >= 0.6 is 12.6 Å². The summed E-state index contributed by atoms with van der Waals surface area (Å²) in [6.45, 7) is 1.93. The number of rotatable bonds is 3. The molecule has 0 aliphatic carbocycles. The molecule has 2 nitrogen and oxygen atoms in total. The summed E-state index contributed by atoms with van der Waals surface area (Å²) in [5.41, 5.74) is 2.64. The lowest BCUT2D eigenvalue weighted by atomic mass is 10.1. The topological polar surface area (TPSA) is 25.8 Å². The highest BCUT2D eigenvalue weighted by atomic mass is 32.1. The van der Waals surface area contributed by atoms with Gasteiger partial charge < -0.3 is 0 Å². The largest absolute Gasteiger partial charge is 0.238 e. The van der Waals surface area contributed by atoms with Crippen LogP contribution in [0.5, 0.6) is 0 Å². The predicted octanol–water partition coefficient (Wildman–Crippen LogP) is 3.06. The van der Waals surface area contributed by atoms with Crippen molar-refractivity contribution in [3.8, 4) is 11.3 Å². The van der Waals surface area contributed by atoms with E-state index in [1.165, 1.54) is 12.1 Å². The highest BCUT2D eigenvalue weighted by Gasteiger charge is 2.04. The van der Waals surface area contributed by atoms with E-state index in [2.05, 4.69) is 22.6 Å². The van der Waals surface area contributed by atoms with Crippen LogP contribution in [-0.2, 0) is 6.42 Å². The summed E-state index contributed by atoms with van der Waals surface area (Å²) in [6.07, 6.45) is 0.735. The molecule has 1 aromatic carbocycles. The van der Waals surface area contributed by atoms with Crippen molar-refractivity contribution in [2.45, 2.75) is 13.3 Å². The normalized spacial score (nSPS) is 10.5. The molecule has 2 aromatic rings. The van der Waals surface area contributed by atoms with Gasteiger partial charge in [0.2, 0.25) is 0 Å². The highest BCUT2D eigenvalue weighted by Crippen LogP contribution is 2.18. The van der Waals surface area contributed by atoms with Gasteiger partial charge in [-0.25, -0.2) is 14.4 Å². The quantitative estimate of drug-likeness (QED) is 0.845. The number of thiol groups is 1. The third-order valence-electron chi connectivity index (χ3n) is 2.38. The Balaban J connectivity index is 2.40. The maximum absolute atomic E-state index is 12.8. The number of aromatic nitrogens is 2. The van der Waals surface area contributed by atoms with Crippen LogP contribution in [0.3, 0.4) is 0 Å². The van der Waals surface area contributed by atoms with Crippen LogP contribution < -0.4 is 0 Å². The van der Waals surface area contributed by atoms with Crippen molar-refractivity contribution < 1.29 is 4.39 Å². The van der Waals surface area contributed by atoms with Crippen LogP contribution in [0.25, 0.3) is 11.3 Å². The summed E-state index contributed by atoms with van der Waals surface area (Å²) in [5, 5.41) is 0. The molecule has 4 heteroatoms. The first-order valence-corrected chi connectivity index (χ1v) is 6.03. The number of nitrogens with zero attached hydrogens (tertiary/aromatic N) is 2. The lowest BCUT2D eigenvalue weighted by Crippen LogP contribution is -2.00. The molecule has 0 saturated heterocycles. The zero-order valence-electron chi connectivity index (χ0n) is 9.52. The molecular weight excluding hydrogens is 235 g/mol. The number of aryl methyl sites for hydroxylation is 2. The van der Waals surface area contributed by atoms with Gasteiger partial charge in [-0.05, 0) is 43.0 Å². The first kappa shape index (κ1) is 12.0. The van der Waals surface area contributed by atoms with Gasteiger partial charge in [-0.1, -0.05) is 0 Å². The smallest absolute Gasteiger partial charge is 0.130 e. The fourth-order valence-corrected chi connectivity index (χ4v) is 1.81. The molecule has 1 aromatic heterocycles. The summed E-state index contributed by atoms with van der Waals surface area (Å²) in [6, 6.07) is 8.22. The number of halogens is 1. The molecule has 0 spiro atoms. The number of hydrogen-bond donors (Lipinski definition) is 1. The highest BCUT2D eigenvalue weighted by molar-refractivity contribution is 7.80. The number of hydrogen-bond acceptors (Lipinski definition) is 3. The molecule has 88 valence electrons. The molecule has 1 heterocycles. The van der Waals surface area contributed by atoms with Crippen LogP contribution in [0, 0.1) is 12.7 Å². The van der Waals surface area contributed by atoms with E-state index in [0.29, 0.717) is 5.75 Å². The van der Waals surface area contributed by atoms with E-state index in [-0.39, 0.29) is 5.82 Å². The van der Waals surface area contributed by atoms with E-state index in [9.17, 15) is 4.39 Å². The Bertz CT molecular complexity index is 511. The standard InChI is InChI=1S/C13H13FN2S/c1-9-8-12(16-13(15-9)6-7-17)10-2-4-11(14)5-3-10/h2-5,8,17H,6-7H2,1H3. The average Bonchev–Trinajstić information content (AvgIpc) is 2.29. The molecule has 0 aliphatic rings. The third-order valence-corrected chi connectivity index (χ3v) is 2.60. The zero-order chi connectivity index (χ0) is 12.3. The van der Waals surface area contributed by atoms with E-state index < -0.39 is 0 Å². The van der Waals surface area contributed by atoms with Crippen LogP contribution in [0.4, 0.5) is 4.39 Å². The van der Waals surface area contributed by atoms with Crippen molar-refractivity contribution in [1.82, 2.24) is 9.97 Å². The first-order valence-electron chi connectivity index (χ1n) is 5.40. The van der Waals surface area contributed by atoms with E-state index in [0.717, 1.165) is 29.2 Å². The molecule has 0 unspecified atom stereocenters. The van der Waals surface area contributed by atoms with E-state index in [4.69, 9.17) is 0 Å². The van der Waals surface area contributed by atoms with Crippen molar-refractivity contribution in [1.29, 1.82) is 0 Å². The Morgan fingerprint density at radius 1 is 1.18 bits per heavy atom. The van der Waals surface area contributed by atoms with Crippen molar-refractivity contribution in [3.63, 3.8) is 0 Å². The van der Waals surface area contributed by atoms with Gasteiger partial charge in [0, 0.05) is 17.7 Å². The molecule has 2 rings (SSSR count). The van der Waals surface area contributed by atoms with Crippen molar-refractivity contribution in [3.05, 3.63) is 47.7 Å². The van der Waals surface area contributed by atoms with Gasteiger partial charge in [0.1, 0.15) is 11.6 Å². The van der Waals surface area contributed by atoms with E-state index >= 15 is 0 Å². The summed E-state index contributed by atoms with van der Waals surface area (Å²) < 4.78 is 12.8. The molecule has 0 bridgehead atoms. The Hall–Kier alpha value is -1.42. The second kappa shape index (κ2) is 5.27. The summed E-state index contributed by atoms with van der Waals surface area (Å²) in [5.74, 6) is 1.25. The predicted molar refractivity (Wildman–Crippen MR) is 69.7 cm³/mol. The molecule has 0 radical (unpaired) electrons. The molecule has 0 aliphatic heterocycles. The van der Waals surface area contributed by atoms with Crippen LogP contribution in [0.2, 0.25) is 0 Å². The second-order valence-corrected chi connectivity index (χ2v) is 4.24. The summed E-state index contributed by atoms with van der Waals surface area (Å²) in [7, 11) is 0. The van der Waals surface area contributed by atoms with Gasteiger partial charge in [0.25, 0.3) is 0 Å². The maximum atomic E-state index is 12.8. The monoisotopic (exact) mass is 248 g/mol. The first-order chi connectivity index (χ1) is 8.19. The van der Waals surface area contributed by atoms with Crippen molar-refractivity contribution in [2.75, 3.05) is 5.75 Å². The van der Waals surface area contributed by atoms with Gasteiger partial charge in [-0.3, -0.25) is 0 Å². The van der Waals surface area contributed by atoms with E-state index in [1.807, 2.05) is 13.0 Å². The van der Waals surface area contributed by atoms with Crippen molar-refractivity contribution in [2.24, 2.45) is 0 Å². The molecule has 0 N–H and O–H groups in total. The minimum absolute atomic E-state index is 0.241. The Kier molecular flexibility index (Phi) is 3.74. The second-order valence-electron chi connectivity index (χ2n) is 3.79. The molecule has 0 amide bonds. The molecule has 17 heavy (non-hydrogen) atoms. The third kappa shape index (κ3) is 3.03. The SMILES string of the molecule is Cc1cc(-c2ccc(F)cc2)nc(CCS)n1. The Morgan fingerprint density at radius 2 is 1.88 bits per heavy atom. The summed E-state index contributed by atoms with van der Waals surface area (Å²) >= 11 is 4.17. The lowest BCUT2D eigenvalue weighted by Gasteiger charge is -2.05. The summed E-state index contributed by atoms with van der Waals surface area (Å²) in [4.78, 5) is 8.77. The fourth-order valence-electron chi connectivity index (χ4n) is 1.61. The minimum atomic E-state index is -0.241. The van der Waals surface area contributed by atoms with Gasteiger partial charge in [0.05, 0.1) is 5.69 Å². The molecular formula is C13H13FN2S. The van der Waals surface area contributed by atoms with E-state index in [1.54, 1.807) is 12.1 Å². The number of benzene rings is 1. The van der Waals surface area contributed by atoms with Gasteiger partial charge in [0.15, 0.2) is 0 Å². The zero-order valence-corrected chi connectivity index (χ0v) is 10.4. The van der Waals surface area contributed by atoms with Gasteiger partial charge >= 0.3 is 0 Å². The fraction of sp³-hybridized carbons (Fsp3) is 0.231. The van der Waals surface area contributed by atoms with Crippen molar-refractivity contribution >= 4 is 12.6 Å². The Labute approximate surface area is 105 Å². The van der Waals surface area contributed by atoms with Gasteiger partial charge in [-0.2, -0.15) is 12.6 Å². The lowest BCUT2D eigenvalue weighted by molar-refractivity contribution is 0.628.